The third kappa shape index (κ3) is 5.41. The Bertz CT molecular complexity index is 396. The molecule has 0 saturated carbocycles. The summed E-state index contributed by atoms with van der Waals surface area (Å²) in [5.41, 5.74) is 1.15. The Morgan fingerprint density at radius 3 is 2.63 bits per heavy atom. The normalized spacial score (nSPS) is 11.0. The monoisotopic (exact) mass is 329 g/mol. The molecule has 19 heavy (non-hydrogen) atoms. The number of halogens is 1. The third-order valence-electron chi connectivity index (χ3n) is 2.98. The fourth-order valence-corrected chi connectivity index (χ4v) is 2.50. The summed E-state index contributed by atoms with van der Waals surface area (Å²) in [5.74, 6) is 0.730. The molecule has 1 rings (SSSR count). The van der Waals surface area contributed by atoms with E-state index in [1.165, 1.54) is 19.3 Å². The van der Waals surface area contributed by atoms with E-state index in [9.17, 15) is 5.11 Å². The molecule has 0 saturated heterocycles. The zero-order valence-electron chi connectivity index (χ0n) is 12.1. The summed E-state index contributed by atoms with van der Waals surface area (Å²) in [5, 5.41) is 9.88. The highest BCUT2D eigenvalue weighted by Gasteiger charge is 2.10. The topological polar surface area (TPSA) is 32.7 Å². The fourth-order valence-electron chi connectivity index (χ4n) is 2.01. The number of rotatable bonds is 8. The van der Waals surface area contributed by atoms with Gasteiger partial charge in [-0.3, -0.25) is 0 Å². The Hall–Kier alpha value is -0.740. The molecular formula is C15H24BrNO2. The van der Waals surface area contributed by atoms with Crippen molar-refractivity contribution in [2.24, 2.45) is 0 Å². The molecule has 0 bridgehead atoms. The maximum Gasteiger partial charge on any atom is 0.172 e. The lowest BCUT2D eigenvalue weighted by molar-refractivity contribution is 0.307. The Labute approximate surface area is 124 Å². The van der Waals surface area contributed by atoms with Crippen LogP contribution >= 0.6 is 15.9 Å². The summed E-state index contributed by atoms with van der Waals surface area (Å²) in [4.78, 5) is 2.30. The Balaban J connectivity index is 2.67. The molecule has 1 N–H and O–H groups in total. The number of ether oxygens (including phenoxy) is 1. The van der Waals surface area contributed by atoms with E-state index < -0.39 is 0 Å². The van der Waals surface area contributed by atoms with Crippen molar-refractivity contribution in [3.8, 4) is 11.5 Å². The second-order valence-corrected chi connectivity index (χ2v) is 5.66. The zero-order valence-corrected chi connectivity index (χ0v) is 13.7. The van der Waals surface area contributed by atoms with E-state index in [1.807, 2.05) is 19.1 Å². The van der Waals surface area contributed by atoms with E-state index in [4.69, 9.17) is 4.74 Å². The predicted octanol–water partition coefficient (Wildman–Crippen LogP) is 4.18. The van der Waals surface area contributed by atoms with Gasteiger partial charge in [0.1, 0.15) is 0 Å². The van der Waals surface area contributed by atoms with Gasteiger partial charge in [-0.25, -0.2) is 0 Å². The summed E-state index contributed by atoms with van der Waals surface area (Å²) in [7, 11) is 2.12. The van der Waals surface area contributed by atoms with Gasteiger partial charge in [0.05, 0.1) is 11.1 Å². The first-order valence-corrected chi connectivity index (χ1v) is 7.70. The standard InChI is InChI=1S/C15H24BrNO2/c1-4-6-7-8-17(3)11-12-9-13(16)15(18)14(10-12)19-5-2/h9-10,18H,4-8,11H2,1-3H3. The summed E-state index contributed by atoms with van der Waals surface area (Å²) < 4.78 is 6.13. The highest BCUT2D eigenvalue weighted by molar-refractivity contribution is 9.10. The molecule has 0 atom stereocenters. The van der Waals surface area contributed by atoms with E-state index in [0.29, 0.717) is 16.8 Å². The Morgan fingerprint density at radius 1 is 1.26 bits per heavy atom. The van der Waals surface area contributed by atoms with E-state index in [1.54, 1.807) is 0 Å². The van der Waals surface area contributed by atoms with Crippen molar-refractivity contribution in [1.82, 2.24) is 4.90 Å². The highest BCUT2D eigenvalue weighted by Crippen LogP contribution is 2.35. The van der Waals surface area contributed by atoms with Gasteiger partial charge in [0.25, 0.3) is 0 Å². The second kappa shape index (κ2) is 8.43. The molecule has 0 radical (unpaired) electrons. The zero-order chi connectivity index (χ0) is 14.3. The number of phenolic OH excluding ortho intramolecular Hbond substituents is 1. The van der Waals surface area contributed by atoms with Crippen molar-refractivity contribution in [2.75, 3.05) is 20.2 Å². The molecule has 0 aliphatic rings. The van der Waals surface area contributed by atoms with Crippen molar-refractivity contribution in [2.45, 2.75) is 39.7 Å². The quantitative estimate of drug-likeness (QED) is 0.726. The second-order valence-electron chi connectivity index (χ2n) is 4.80. The number of hydrogen-bond acceptors (Lipinski definition) is 3. The molecule has 0 aliphatic heterocycles. The lowest BCUT2D eigenvalue weighted by Gasteiger charge is -2.18. The molecule has 0 spiro atoms. The smallest absolute Gasteiger partial charge is 0.172 e. The molecule has 108 valence electrons. The predicted molar refractivity (Wildman–Crippen MR) is 82.8 cm³/mol. The van der Waals surface area contributed by atoms with Gasteiger partial charge in [0.2, 0.25) is 0 Å². The number of hydrogen-bond donors (Lipinski definition) is 1. The van der Waals surface area contributed by atoms with E-state index in [0.717, 1.165) is 18.7 Å². The van der Waals surface area contributed by atoms with E-state index in [2.05, 4.69) is 34.8 Å². The van der Waals surface area contributed by atoms with Crippen LogP contribution in [0.5, 0.6) is 11.5 Å². The summed E-state index contributed by atoms with van der Waals surface area (Å²) in [6.45, 7) is 6.64. The molecule has 0 heterocycles. The first-order valence-electron chi connectivity index (χ1n) is 6.91. The van der Waals surface area contributed by atoms with Crippen molar-refractivity contribution < 1.29 is 9.84 Å². The minimum atomic E-state index is 0.180. The van der Waals surface area contributed by atoms with Crippen molar-refractivity contribution in [3.05, 3.63) is 22.2 Å². The molecular weight excluding hydrogens is 306 g/mol. The molecule has 4 heteroatoms. The summed E-state index contributed by atoms with van der Waals surface area (Å²) in [6, 6.07) is 3.87. The van der Waals surface area contributed by atoms with Crippen LogP contribution in [0.2, 0.25) is 0 Å². The van der Waals surface area contributed by atoms with Crippen molar-refractivity contribution >= 4 is 15.9 Å². The molecule has 1 aromatic rings. The molecule has 0 unspecified atom stereocenters. The van der Waals surface area contributed by atoms with Gasteiger partial charge in [-0.2, -0.15) is 0 Å². The van der Waals surface area contributed by atoms with Gasteiger partial charge >= 0.3 is 0 Å². The minimum absolute atomic E-state index is 0.180. The van der Waals surface area contributed by atoms with Gasteiger partial charge in [0, 0.05) is 6.54 Å². The fraction of sp³-hybridized carbons (Fsp3) is 0.600. The van der Waals surface area contributed by atoms with Crippen LogP contribution in [-0.4, -0.2) is 30.2 Å². The number of benzene rings is 1. The maximum absolute atomic E-state index is 9.88. The van der Waals surface area contributed by atoms with Gasteiger partial charge in [0.15, 0.2) is 11.5 Å². The molecule has 0 amide bonds. The first-order chi connectivity index (χ1) is 9.08. The van der Waals surface area contributed by atoms with Crippen LogP contribution in [0.15, 0.2) is 16.6 Å². The number of unbranched alkanes of at least 4 members (excludes halogenated alkanes) is 2. The lowest BCUT2D eigenvalue weighted by Crippen LogP contribution is -2.19. The SMILES string of the molecule is CCCCCN(C)Cc1cc(Br)c(O)c(OCC)c1. The van der Waals surface area contributed by atoms with Crippen LogP contribution in [-0.2, 0) is 6.54 Å². The Kier molecular flexibility index (Phi) is 7.24. The van der Waals surface area contributed by atoms with Gasteiger partial charge < -0.3 is 14.7 Å². The molecule has 3 nitrogen and oxygen atoms in total. The van der Waals surface area contributed by atoms with Crippen LogP contribution in [0.25, 0.3) is 0 Å². The maximum atomic E-state index is 9.88. The summed E-state index contributed by atoms with van der Waals surface area (Å²) in [6.07, 6.45) is 3.74. The van der Waals surface area contributed by atoms with Crippen LogP contribution in [0, 0.1) is 0 Å². The lowest BCUT2D eigenvalue weighted by atomic mass is 10.2. The van der Waals surface area contributed by atoms with E-state index >= 15 is 0 Å². The molecule has 0 fully saturated rings. The average molecular weight is 330 g/mol. The average Bonchev–Trinajstić information content (AvgIpc) is 2.36. The third-order valence-corrected chi connectivity index (χ3v) is 3.59. The van der Waals surface area contributed by atoms with Crippen LogP contribution < -0.4 is 4.74 Å². The minimum Gasteiger partial charge on any atom is -0.503 e. The van der Waals surface area contributed by atoms with Crippen LogP contribution in [0.1, 0.15) is 38.7 Å². The van der Waals surface area contributed by atoms with Crippen LogP contribution in [0.3, 0.4) is 0 Å². The highest BCUT2D eigenvalue weighted by atomic mass is 79.9. The summed E-state index contributed by atoms with van der Waals surface area (Å²) >= 11 is 3.37. The molecule has 0 aromatic heterocycles. The number of phenols is 1. The van der Waals surface area contributed by atoms with Gasteiger partial charge in [-0.05, 0) is 60.6 Å². The molecule has 1 aromatic carbocycles. The number of aromatic hydroxyl groups is 1. The van der Waals surface area contributed by atoms with Crippen LogP contribution in [0.4, 0.5) is 0 Å². The van der Waals surface area contributed by atoms with Crippen molar-refractivity contribution in [3.63, 3.8) is 0 Å². The molecule has 0 aliphatic carbocycles. The number of nitrogens with zero attached hydrogens (tertiary/aromatic N) is 1. The van der Waals surface area contributed by atoms with Gasteiger partial charge in [-0.15, -0.1) is 0 Å². The Morgan fingerprint density at radius 2 is 2.00 bits per heavy atom. The first kappa shape index (κ1) is 16.3. The largest absolute Gasteiger partial charge is 0.503 e. The van der Waals surface area contributed by atoms with Gasteiger partial charge in [-0.1, -0.05) is 19.8 Å². The van der Waals surface area contributed by atoms with E-state index in [-0.39, 0.29) is 5.75 Å². The van der Waals surface area contributed by atoms with Crippen molar-refractivity contribution in [1.29, 1.82) is 0 Å².